The van der Waals surface area contributed by atoms with E-state index in [9.17, 15) is 4.79 Å². The monoisotopic (exact) mass is 273 g/mol. The molecule has 1 amide bonds. The number of hydrogen-bond donors (Lipinski definition) is 1. The maximum Gasteiger partial charge on any atom is 0.272 e. The molecular formula is C16H23N3O. The normalized spacial score (nSPS) is 25.4. The van der Waals surface area contributed by atoms with Crippen LogP contribution in [0.5, 0.6) is 0 Å². The lowest BCUT2D eigenvalue weighted by Crippen LogP contribution is -2.39. The second-order valence-electron chi connectivity index (χ2n) is 5.86. The number of fused-ring (bicyclic) bond motifs is 1. The molecule has 1 aliphatic carbocycles. The van der Waals surface area contributed by atoms with Gasteiger partial charge < -0.3 is 10.2 Å². The molecule has 20 heavy (non-hydrogen) atoms. The molecule has 0 radical (unpaired) electrons. The first-order chi connectivity index (χ1) is 9.79. The van der Waals surface area contributed by atoms with Gasteiger partial charge in [-0.25, -0.2) is 4.98 Å². The van der Waals surface area contributed by atoms with Crippen LogP contribution in [0.25, 0.3) is 0 Å². The summed E-state index contributed by atoms with van der Waals surface area (Å²) >= 11 is 0. The highest BCUT2D eigenvalue weighted by atomic mass is 16.2. The maximum atomic E-state index is 12.6. The van der Waals surface area contributed by atoms with E-state index in [1.807, 2.05) is 19.1 Å². The molecule has 1 saturated heterocycles. The summed E-state index contributed by atoms with van der Waals surface area (Å²) in [7, 11) is 0. The van der Waals surface area contributed by atoms with Gasteiger partial charge in [0, 0.05) is 19.1 Å². The van der Waals surface area contributed by atoms with Crippen molar-refractivity contribution in [1.29, 1.82) is 0 Å². The SMILES string of the molecule is CCNc1ccc(C(=O)N2CCC3CCCCC32)nc1. The number of carbonyl (C=O) groups excluding carboxylic acids is 1. The summed E-state index contributed by atoms with van der Waals surface area (Å²) in [6, 6.07) is 4.25. The zero-order chi connectivity index (χ0) is 13.9. The van der Waals surface area contributed by atoms with E-state index in [0.717, 1.165) is 24.7 Å². The molecule has 2 aliphatic rings. The highest BCUT2D eigenvalue weighted by molar-refractivity contribution is 5.93. The number of pyridine rings is 1. The van der Waals surface area contributed by atoms with Crippen molar-refractivity contribution < 1.29 is 4.79 Å². The van der Waals surface area contributed by atoms with Crippen LogP contribution in [-0.4, -0.2) is 34.9 Å². The van der Waals surface area contributed by atoms with Crippen LogP contribution >= 0.6 is 0 Å². The first kappa shape index (κ1) is 13.4. The summed E-state index contributed by atoms with van der Waals surface area (Å²) in [6.45, 7) is 3.82. The van der Waals surface area contributed by atoms with E-state index < -0.39 is 0 Å². The average Bonchev–Trinajstić information content (AvgIpc) is 2.92. The van der Waals surface area contributed by atoms with Gasteiger partial charge in [0.1, 0.15) is 5.69 Å². The Labute approximate surface area is 120 Å². The third-order valence-electron chi connectivity index (χ3n) is 4.63. The number of aromatic nitrogens is 1. The highest BCUT2D eigenvalue weighted by Crippen LogP contribution is 2.36. The maximum absolute atomic E-state index is 12.6. The van der Waals surface area contributed by atoms with Gasteiger partial charge in [-0.15, -0.1) is 0 Å². The van der Waals surface area contributed by atoms with Gasteiger partial charge in [-0.05, 0) is 44.2 Å². The third kappa shape index (κ3) is 2.51. The Bertz CT molecular complexity index is 471. The molecule has 108 valence electrons. The second kappa shape index (κ2) is 5.81. The number of rotatable bonds is 3. The van der Waals surface area contributed by atoms with Crippen molar-refractivity contribution >= 4 is 11.6 Å². The minimum atomic E-state index is 0.113. The first-order valence-corrected chi connectivity index (χ1v) is 7.80. The van der Waals surface area contributed by atoms with Crippen LogP contribution in [0.2, 0.25) is 0 Å². The van der Waals surface area contributed by atoms with Gasteiger partial charge in [-0.3, -0.25) is 4.79 Å². The van der Waals surface area contributed by atoms with E-state index in [2.05, 4.69) is 15.2 Å². The van der Waals surface area contributed by atoms with Crippen molar-refractivity contribution in [2.75, 3.05) is 18.4 Å². The lowest BCUT2D eigenvalue weighted by molar-refractivity contribution is 0.0684. The number of nitrogens with one attached hydrogen (secondary N) is 1. The molecule has 0 aromatic carbocycles. The van der Waals surface area contributed by atoms with Gasteiger partial charge in [-0.1, -0.05) is 12.8 Å². The molecule has 1 aromatic rings. The molecule has 1 aromatic heterocycles. The van der Waals surface area contributed by atoms with Gasteiger partial charge >= 0.3 is 0 Å². The zero-order valence-corrected chi connectivity index (χ0v) is 12.1. The topological polar surface area (TPSA) is 45.2 Å². The van der Waals surface area contributed by atoms with Crippen LogP contribution in [0, 0.1) is 5.92 Å². The van der Waals surface area contributed by atoms with Crippen LogP contribution in [0.4, 0.5) is 5.69 Å². The highest BCUT2D eigenvalue weighted by Gasteiger charge is 2.38. The van der Waals surface area contributed by atoms with E-state index >= 15 is 0 Å². The first-order valence-electron chi connectivity index (χ1n) is 7.80. The fourth-order valence-electron chi connectivity index (χ4n) is 3.63. The quantitative estimate of drug-likeness (QED) is 0.921. The number of amides is 1. The Morgan fingerprint density at radius 1 is 1.35 bits per heavy atom. The van der Waals surface area contributed by atoms with Crippen molar-refractivity contribution in [3.05, 3.63) is 24.0 Å². The second-order valence-corrected chi connectivity index (χ2v) is 5.86. The molecule has 1 N–H and O–H groups in total. The van der Waals surface area contributed by atoms with Crippen LogP contribution < -0.4 is 5.32 Å². The number of likely N-dealkylation sites (tertiary alicyclic amines) is 1. The fraction of sp³-hybridized carbons (Fsp3) is 0.625. The van der Waals surface area contributed by atoms with E-state index in [0.29, 0.717) is 11.7 Å². The Kier molecular flexibility index (Phi) is 3.90. The molecule has 0 spiro atoms. The molecular weight excluding hydrogens is 250 g/mol. The smallest absolute Gasteiger partial charge is 0.272 e. The van der Waals surface area contributed by atoms with Crippen LogP contribution in [-0.2, 0) is 0 Å². The van der Waals surface area contributed by atoms with E-state index in [4.69, 9.17) is 0 Å². The Morgan fingerprint density at radius 3 is 2.95 bits per heavy atom. The van der Waals surface area contributed by atoms with E-state index in [1.165, 1.54) is 32.1 Å². The molecule has 2 heterocycles. The molecule has 2 fully saturated rings. The molecule has 0 bridgehead atoms. The van der Waals surface area contributed by atoms with Crippen molar-refractivity contribution in [3.63, 3.8) is 0 Å². The lowest BCUT2D eigenvalue weighted by Gasteiger charge is -2.31. The molecule has 4 nitrogen and oxygen atoms in total. The van der Waals surface area contributed by atoms with E-state index in [-0.39, 0.29) is 5.91 Å². The number of hydrogen-bond acceptors (Lipinski definition) is 3. The van der Waals surface area contributed by atoms with Crippen molar-refractivity contribution in [2.45, 2.75) is 45.1 Å². The predicted molar refractivity (Wildman–Crippen MR) is 79.8 cm³/mol. The van der Waals surface area contributed by atoms with Gasteiger partial charge in [0.05, 0.1) is 11.9 Å². The average molecular weight is 273 g/mol. The summed E-state index contributed by atoms with van der Waals surface area (Å²) in [6.07, 6.45) is 7.99. The minimum Gasteiger partial charge on any atom is -0.384 e. The van der Waals surface area contributed by atoms with Crippen LogP contribution in [0.1, 0.15) is 49.5 Å². The van der Waals surface area contributed by atoms with Crippen molar-refractivity contribution in [1.82, 2.24) is 9.88 Å². The van der Waals surface area contributed by atoms with Gasteiger partial charge in [0.2, 0.25) is 0 Å². The number of nitrogens with zero attached hydrogens (tertiary/aromatic N) is 2. The molecule has 1 aliphatic heterocycles. The summed E-state index contributed by atoms with van der Waals surface area (Å²) < 4.78 is 0. The molecule has 4 heteroatoms. The number of carbonyl (C=O) groups is 1. The Hall–Kier alpha value is -1.58. The van der Waals surface area contributed by atoms with E-state index in [1.54, 1.807) is 6.20 Å². The van der Waals surface area contributed by atoms with Crippen LogP contribution in [0.3, 0.4) is 0 Å². The summed E-state index contributed by atoms with van der Waals surface area (Å²) in [5, 5.41) is 3.20. The van der Waals surface area contributed by atoms with Crippen molar-refractivity contribution in [2.24, 2.45) is 5.92 Å². The number of anilines is 1. The van der Waals surface area contributed by atoms with Gasteiger partial charge in [-0.2, -0.15) is 0 Å². The van der Waals surface area contributed by atoms with Crippen LogP contribution in [0.15, 0.2) is 18.3 Å². The minimum absolute atomic E-state index is 0.113. The lowest BCUT2D eigenvalue weighted by atomic mass is 9.85. The zero-order valence-electron chi connectivity index (χ0n) is 12.1. The fourth-order valence-corrected chi connectivity index (χ4v) is 3.63. The Balaban J connectivity index is 1.72. The molecule has 3 rings (SSSR count). The summed E-state index contributed by atoms with van der Waals surface area (Å²) in [5.41, 5.74) is 1.55. The van der Waals surface area contributed by atoms with Gasteiger partial charge in [0.25, 0.3) is 5.91 Å². The molecule has 2 atom stereocenters. The van der Waals surface area contributed by atoms with Crippen molar-refractivity contribution in [3.8, 4) is 0 Å². The standard InChI is InChI=1S/C16H23N3O/c1-2-17-13-7-8-14(18-11-13)16(20)19-10-9-12-5-3-4-6-15(12)19/h7-8,11-12,15,17H,2-6,9-10H2,1H3. The predicted octanol–water partition coefficient (Wildman–Crippen LogP) is 2.92. The summed E-state index contributed by atoms with van der Waals surface area (Å²) in [4.78, 5) is 19.0. The van der Waals surface area contributed by atoms with Gasteiger partial charge in [0.15, 0.2) is 0 Å². The Morgan fingerprint density at radius 2 is 2.20 bits per heavy atom. The molecule has 1 saturated carbocycles. The summed E-state index contributed by atoms with van der Waals surface area (Å²) in [5.74, 6) is 0.844. The third-order valence-corrected chi connectivity index (χ3v) is 4.63. The largest absolute Gasteiger partial charge is 0.384 e. The molecule has 2 unspecified atom stereocenters.